The Bertz CT molecular complexity index is 842. The van der Waals surface area contributed by atoms with Gasteiger partial charge < -0.3 is 15.0 Å². The van der Waals surface area contributed by atoms with Crippen LogP contribution in [-0.2, 0) is 15.1 Å². The lowest BCUT2D eigenvalue weighted by Gasteiger charge is -2.50. The third-order valence-corrected chi connectivity index (χ3v) is 5.14. The van der Waals surface area contributed by atoms with Gasteiger partial charge in [-0.05, 0) is 30.2 Å². The molecular weight excluding hydrogens is 335 g/mol. The van der Waals surface area contributed by atoms with Crippen LogP contribution < -0.4 is 5.32 Å². The molecule has 2 aliphatic heterocycles. The van der Waals surface area contributed by atoms with Gasteiger partial charge in [0.25, 0.3) is 5.91 Å². The second-order valence-electron chi connectivity index (χ2n) is 6.70. The van der Waals surface area contributed by atoms with Crippen molar-refractivity contribution in [2.75, 3.05) is 19.7 Å². The monoisotopic (exact) mass is 354 g/mol. The van der Waals surface area contributed by atoms with Gasteiger partial charge in [-0.1, -0.05) is 36.4 Å². The third-order valence-electron chi connectivity index (χ3n) is 5.14. The molecule has 5 nitrogen and oxygen atoms in total. The van der Waals surface area contributed by atoms with Crippen molar-refractivity contribution < 1.29 is 18.7 Å². The van der Waals surface area contributed by atoms with E-state index in [0.717, 1.165) is 5.56 Å². The molecule has 0 bridgehead atoms. The zero-order valence-electron chi connectivity index (χ0n) is 14.2. The fourth-order valence-corrected chi connectivity index (χ4v) is 3.85. The number of piperidine rings is 1. The minimum absolute atomic E-state index is 0.0265. The number of rotatable bonds is 2. The zero-order chi connectivity index (χ0) is 18.1. The lowest BCUT2D eigenvalue weighted by molar-refractivity contribution is -0.150. The Morgan fingerprint density at radius 1 is 1.19 bits per heavy atom. The zero-order valence-corrected chi connectivity index (χ0v) is 14.2. The highest BCUT2D eigenvalue weighted by atomic mass is 19.1. The van der Waals surface area contributed by atoms with E-state index in [1.54, 1.807) is 11.0 Å². The van der Waals surface area contributed by atoms with Crippen molar-refractivity contribution in [3.63, 3.8) is 0 Å². The molecule has 1 N–H and O–H groups in total. The number of carbonyl (C=O) groups excluding carboxylic acids is 2. The normalized spacial score (nSPS) is 25.3. The van der Waals surface area contributed by atoms with Gasteiger partial charge >= 0.3 is 0 Å². The summed E-state index contributed by atoms with van der Waals surface area (Å²) in [7, 11) is 0. The molecule has 4 rings (SSSR count). The molecule has 2 aromatic rings. The quantitative estimate of drug-likeness (QED) is 0.898. The predicted octanol–water partition coefficient (Wildman–Crippen LogP) is 2.08. The van der Waals surface area contributed by atoms with E-state index < -0.39 is 11.4 Å². The van der Waals surface area contributed by atoms with Crippen LogP contribution in [0.4, 0.5) is 4.39 Å². The molecule has 2 saturated heterocycles. The molecule has 0 aliphatic carbocycles. The summed E-state index contributed by atoms with van der Waals surface area (Å²) in [6.07, 6.45) is 0.183. The number of benzene rings is 2. The number of amides is 2. The van der Waals surface area contributed by atoms with E-state index >= 15 is 0 Å². The Balaban J connectivity index is 1.61. The first-order valence-electron chi connectivity index (χ1n) is 8.61. The minimum Gasteiger partial charge on any atom is -0.364 e. The molecule has 26 heavy (non-hydrogen) atoms. The summed E-state index contributed by atoms with van der Waals surface area (Å²) < 4.78 is 19.3. The number of carbonyl (C=O) groups is 2. The van der Waals surface area contributed by atoms with Gasteiger partial charge in [0.15, 0.2) is 0 Å². The maximum Gasteiger partial charge on any atom is 0.254 e. The van der Waals surface area contributed by atoms with Gasteiger partial charge in [0.2, 0.25) is 5.91 Å². The highest BCUT2D eigenvalue weighted by Crippen LogP contribution is 2.37. The molecule has 0 radical (unpaired) electrons. The van der Waals surface area contributed by atoms with Crippen molar-refractivity contribution in [2.45, 2.75) is 18.1 Å². The molecule has 2 aromatic carbocycles. The maximum atomic E-state index is 13.4. The second kappa shape index (κ2) is 6.53. The van der Waals surface area contributed by atoms with Crippen molar-refractivity contribution in [1.82, 2.24) is 10.2 Å². The molecule has 2 aliphatic rings. The SMILES string of the molecule is O=C1CO[C@@H]2CN(C(=O)c3cccc(F)c3)CC[C@@]2(c2ccccc2)N1. The van der Waals surface area contributed by atoms with Gasteiger partial charge in [-0.2, -0.15) is 0 Å². The van der Waals surface area contributed by atoms with Crippen LogP contribution in [0.3, 0.4) is 0 Å². The second-order valence-corrected chi connectivity index (χ2v) is 6.70. The molecule has 0 saturated carbocycles. The Morgan fingerprint density at radius 2 is 2.00 bits per heavy atom. The van der Waals surface area contributed by atoms with E-state index in [9.17, 15) is 14.0 Å². The number of ether oxygens (including phenoxy) is 1. The standard InChI is InChI=1S/C20H19FN2O3/c21-16-8-4-5-14(11-16)19(25)23-10-9-20(15-6-2-1-3-7-15)17(12-23)26-13-18(24)22-20/h1-8,11,17H,9-10,12-13H2,(H,22,24)/t17-,20+/m1/s1. The van der Waals surface area contributed by atoms with Crippen LogP contribution in [0.5, 0.6) is 0 Å². The topological polar surface area (TPSA) is 58.6 Å². The van der Waals surface area contributed by atoms with E-state index in [-0.39, 0.29) is 24.5 Å². The number of hydrogen-bond acceptors (Lipinski definition) is 3. The van der Waals surface area contributed by atoms with Crippen LogP contribution in [0.2, 0.25) is 0 Å². The lowest BCUT2D eigenvalue weighted by Crippen LogP contribution is -2.67. The van der Waals surface area contributed by atoms with E-state index in [1.165, 1.54) is 18.2 Å². The first-order valence-corrected chi connectivity index (χ1v) is 8.61. The molecule has 0 spiro atoms. The maximum absolute atomic E-state index is 13.4. The van der Waals surface area contributed by atoms with Crippen molar-refractivity contribution >= 4 is 11.8 Å². The van der Waals surface area contributed by atoms with Crippen LogP contribution in [0.25, 0.3) is 0 Å². The number of halogens is 1. The van der Waals surface area contributed by atoms with Gasteiger partial charge in [-0.25, -0.2) is 4.39 Å². The molecule has 2 amide bonds. The van der Waals surface area contributed by atoms with E-state index in [2.05, 4.69) is 5.32 Å². The fourth-order valence-electron chi connectivity index (χ4n) is 3.85. The Kier molecular flexibility index (Phi) is 4.20. The summed E-state index contributed by atoms with van der Waals surface area (Å²) in [6.45, 7) is 0.760. The molecule has 2 fully saturated rings. The van der Waals surface area contributed by atoms with Gasteiger partial charge in [-0.3, -0.25) is 9.59 Å². The average molecular weight is 354 g/mol. The molecule has 0 aromatic heterocycles. The predicted molar refractivity (Wildman–Crippen MR) is 92.9 cm³/mol. The smallest absolute Gasteiger partial charge is 0.254 e. The summed E-state index contributed by atoms with van der Waals surface area (Å²) in [5.74, 6) is -0.825. The first kappa shape index (κ1) is 16.7. The molecule has 2 heterocycles. The molecule has 134 valence electrons. The highest BCUT2D eigenvalue weighted by molar-refractivity contribution is 5.94. The van der Waals surface area contributed by atoms with Crippen LogP contribution in [0.15, 0.2) is 54.6 Å². The Hall–Kier alpha value is -2.73. The summed E-state index contributed by atoms with van der Waals surface area (Å²) in [5, 5.41) is 3.09. The third kappa shape index (κ3) is 2.86. The number of morpholine rings is 1. The summed E-state index contributed by atoms with van der Waals surface area (Å²) in [4.78, 5) is 26.4. The average Bonchev–Trinajstić information content (AvgIpc) is 2.67. The van der Waals surface area contributed by atoms with E-state index in [1.807, 2.05) is 30.3 Å². The van der Waals surface area contributed by atoms with Gasteiger partial charge in [0, 0.05) is 18.7 Å². The largest absolute Gasteiger partial charge is 0.364 e. The van der Waals surface area contributed by atoms with E-state index in [4.69, 9.17) is 4.74 Å². The van der Waals surface area contributed by atoms with Gasteiger partial charge in [0.05, 0.1) is 5.54 Å². The van der Waals surface area contributed by atoms with Crippen molar-refractivity contribution in [3.05, 3.63) is 71.5 Å². The Labute approximate surface area is 150 Å². The van der Waals surface area contributed by atoms with Crippen molar-refractivity contribution in [2.24, 2.45) is 0 Å². The van der Waals surface area contributed by atoms with Gasteiger partial charge in [-0.15, -0.1) is 0 Å². The molecule has 2 atom stereocenters. The number of likely N-dealkylation sites (tertiary alicyclic amines) is 1. The van der Waals surface area contributed by atoms with Crippen molar-refractivity contribution in [3.8, 4) is 0 Å². The minimum atomic E-state index is -0.644. The van der Waals surface area contributed by atoms with Crippen LogP contribution in [0.1, 0.15) is 22.3 Å². The fraction of sp³-hybridized carbons (Fsp3) is 0.300. The van der Waals surface area contributed by atoms with Crippen LogP contribution in [0, 0.1) is 5.82 Å². The van der Waals surface area contributed by atoms with Gasteiger partial charge in [0.1, 0.15) is 18.5 Å². The first-order chi connectivity index (χ1) is 12.6. The van der Waals surface area contributed by atoms with Crippen LogP contribution in [-0.4, -0.2) is 42.5 Å². The number of nitrogens with one attached hydrogen (secondary N) is 1. The Morgan fingerprint density at radius 3 is 2.77 bits per heavy atom. The molecule has 0 unspecified atom stereocenters. The van der Waals surface area contributed by atoms with E-state index in [0.29, 0.717) is 25.1 Å². The van der Waals surface area contributed by atoms with Crippen molar-refractivity contribution in [1.29, 1.82) is 0 Å². The lowest BCUT2D eigenvalue weighted by atomic mass is 9.77. The summed E-state index contributed by atoms with van der Waals surface area (Å²) in [5.41, 5.74) is 0.642. The summed E-state index contributed by atoms with van der Waals surface area (Å²) in [6, 6.07) is 15.4. The number of nitrogens with zero attached hydrogens (tertiary/aromatic N) is 1. The van der Waals surface area contributed by atoms with Crippen LogP contribution >= 0.6 is 0 Å². The summed E-state index contributed by atoms with van der Waals surface area (Å²) >= 11 is 0. The number of hydrogen-bond donors (Lipinski definition) is 1. The number of fused-ring (bicyclic) bond motifs is 1. The molecule has 6 heteroatoms. The highest BCUT2D eigenvalue weighted by Gasteiger charge is 2.49. The molecular formula is C20H19FN2O3.